The monoisotopic (exact) mass is 399 g/mol. The molecule has 1 aromatic carbocycles. The molecular weight excluding hydrogens is 390 g/mol. The van der Waals surface area contributed by atoms with E-state index in [9.17, 15) is 19.7 Å². The van der Waals surface area contributed by atoms with Crippen molar-refractivity contribution >= 4 is 50.8 Å². The number of halogens is 1. The number of nitrogens with zero attached hydrogens (tertiary/aromatic N) is 2. The predicted molar refractivity (Wildman–Crippen MR) is 89.4 cm³/mol. The Kier molecular flexibility index (Phi) is 5.34. The van der Waals surface area contributed by atoms with Gasteiger partial charge in [-0.2, -0.15) is 0 Å². The predicted octanol–water partition coefficient (Wildman–Crippen LogP) is 1.75. The number of nitrogens with two attached hydrogens (primary N) is 1. The van der Waals surface area contributed by atoms with Crippen molar-refractivity contribution < 1.29 is 9.72 Å². The Morgan fingerprint density at radius 3 is 2.83 bits per heavy atom. The molecule has 1 aromatic heterocycles. The fourth-order valence-corrected chi connectivity index (χ4v) is 2.71. The summed E-state index contributed by atoms with van der Waals surface area (Å²) in [5.74, 6) is -0.320. The topological polar surface area (TPSA) is 144 Å². The van der Waals surface area contributed by atoms with E-state index >= 15 is 0 Å². The molecule has 11 heteroatoms. The number of rotatable bonds is 5. The largest absolute Gasteiger partial charge is 0.383 e. The third-order valence-corrected chi connectivity index (χ3v) is 4.05. The van der Waals surface area contributed by atoms with E-state index in [0.717, 1.165) is 17.8 Å². The van der Waals surface area contributed by atoms with Crippen LogP contribution in [0.2, 0.25) is 0 Å². The van der Waals surface area contributed by atoms with Gasteiger partial charge < -0.3 is 16.0 Å². The first-order valence-corrected chi connectivity index (χ1v) is 7.86. The molecule has 0 unspecified atom stereocenters. The second kappa shape index (κ2) is 7.24. The number of anilines is 2. The quantitative estimate of drug-likeness (QED) is 0.300. The Morgan fingerprint density at radius 1 is 1.48 bits per heavy atom. The van der Waals surface area contributed by atoms with Gasteiger partial charge in [0.1, 0.15) is 5.82 Å². The number of hydrogen-bond acceptors (Lipinski definition) is 7. The molecule has 0 aliphatic rings. The SMILES string of the molecule is Nc1cc(=O)[nH]c(SCC(=O)Nc2ccc([N+](=O)[O-])cc2Br)n1. The number of nitro groups is 1. The standard InChI is InChI=1S/C12H10BrN5O4S/c13-7-3-6(18(21)22)1-2-8(7)15-11(20)5-23-12-16-9(14)4-10(19)17-12/h1-4H,5H2,(H,15,20)(H3,14,16,17,19). The lowest BCUT2D eigenvalue weighted by Crippen LogP contribution is -2.16. The highest BCUT2D eigenvalue weighted by Crippen LogP contribution is 2.27. The molecule has 4 N–H and O–H groups in total. The Balaban J connectivity index is 1.99. The van der Waals surface area contributed by atoms with Crippen LogP contribution >= 0.6 is 27.7 Å². The minimum Gasteiger partial charge on any atom is -0.383 e. The summed E-state index contributed by atoms with van der Waals surface area (Å²) in [4.78, 5) is 39.6. The van der Waals surface area contributed by atoms with Crippen molar-refractivity contribution in [3.63, 3.8) is 0 Å². The lowest BCUT2D eigenvalue weighted by Gasteiger charge is -2.07. The third kappa shape index (κ3) is 4.79. The maximum Gasteiger partial charge on any atom is 0.270 e. The van der Waals surface area contributed by atoms with Crippen LogP contribution in [0.1, 0.15) is 0 Å². The van der Waals surface area contributed by atoms with Crippen LogP contribution in [0, 0.1) is 10.1 Å². The molecular formula is C12H10BrN5O4S. The zero-order valence-electron chi connectivity index (χ0n) is 11.4. The van der Waals surface area contributed by atoms with Crippen LogP contribution in [0.5, 0.6) is 0 Å². The van der Waals surface area contributed by atoms with Crippen LogP contribution in [-0.4, -0.2) is 26.6 Å². The third-order valence-electron chi connectivity index (χ3n) is 2.52. The highest BCUT2D eigenvalue weighted by atomic mass is 79.9. The van der Waals surface area contributed by atoms with Gasteiger partial charge in [0.15, 0.2) is 5.16 Å². The Morgan fingerprint density at radius 2 is 2.22 bits per heavy atom. The van der Waals surface area contributed by atoms with Gasteiger partial charge in [0.25, 0.3) is 11.2 Å². The number of benzene rings is 1. The second-order valence-corrected chi connectivity index (χ2v) is 6.05. The molecule has 0 spiro atoms. The number of nitro benzene ring substituents is 1. The van der Waals surface area contributed by atoms with Crippen LogP contribution in [0.25, 0.3) is 0 Å². The van der Waals surface area contributed by atoms with Gasteiger partial charge in [-0.1, -0.05) is 11.8 Å². The molecule has 2 aromatic rings. The number of aromatic amines is 1. The number of amides is 1. The van der Waals surface area contributed by atoms with Gasteiger partial charge in [-0.05, 0) is 22.0 Å². The smallest absolute Gasteiger partial charge is 0.270 e. The molecule has 0 aliphatic heterocycles. The van der Waals surface area contributed by atoms with Gasteiger partial charge in [-0.15, -0.1) is 0 Å². The maximum atomic E-state index is 11.9. The molecule has 120 valence electrons. The van der Waals surface area contributed by atoms with E-state index < -0.39 is 10.5 Å². The number of thioether (sulfide) groups is 1. The number of aromatic nitrogens is 2. The van der Waals surface area contributed by atoms with E-state index in [2.05, 4.69) is 31.2 Å². The molecule has 23 heavy (non-hydrogen) atoms. The van der Waals surface area contributed by atoms with Crippen molar-refractivity contribution in [1.29, 1.82) is 0 Å². The number of H-pyrrole nitrogens is 1. The summed E-state index contributed by atoms with van der Waals surface area (Å²) in [6.45, 7) is 0. The van der Waals surface area contributed by atoms with Crippen molar-refractivity contribution in [1.82, 2.24) is 9.97 Å². The van der Waals surface area contributed by atoms with Crippen LogP contribution in [0.15, 0.2) is 38.7 Å². The lowest BCUT2D eigenvalue weighted by atomic mass is 10.3. The fourth-order valence-electron chi connectivity index (χ4n) is 1.56. The highest BCUT2D eigenvalue weighted by Gasteiger charge is 2.12. The lowest BCUT2D eigenvalue weighted by molar-refractivity contribution is -0.384. The average molecular weight is 400 g/mol. The van der Waals surface area contributed by atoms with E-state index in [1.807, 2.05) is 0 Å². The number of nitrogen functional groups attached to an aromatic ring is 1. The van der Waals surface area contributed by atoms with Gasteiger partial charge in [0, 0.05) is 22.7 Å². The maximum absolute atomic E-state index is 11.9. The van der Waals surface area contributed by atoms with E-state index in [1.165, 1.54) is 18.2 Å². The van der Waals surface area contributed by atoms with Crippen molar-refractivity contribution in [3.05, 3.63) is 49.2 Å². The van der Waals surface area contributed by atoms with Gasteiger partial charge in [-0.3, -0.25) is 19.7 Å². The molecule has 0 saturated heterocycles. The number of nitrogens with one attached hydrogen (secondary N) is 2. The summed E-state index contributed by atoms with van der Waals surface area (Å²) < 4.78 is 0.389. The molecule has 1 amide bonds. The van der Waals surface area contributed by atoms with Gasteiger partial charge >= 0.3 is 0 Å². The zero-order valence-corrected chi connectivity index (χ0v) is 13.8. The molecule has 0 fully saturated rings. The molecule has 0 bridgehead atoms. The normalized spacial score (nSPS) is 10.3. The Bertz CT molecular complexity index is 825. The zero-order chi connectivity index (χ0) is 17.0. The summed E-state index contributed by atoms with van der Waals surface area (Å²) in [6, 6.07) is 5.13. The van der Waals surface area contributed by atoms with E-state index in [0.29, 0.717) is 10.2 Å². The summed E-state index contributed by atoms with van der Waals surface area (Å²) in [6.07, 6.45) is 0. The summed E-state index contributed by atoms with van der Waals surface area (Å²) in [5.41, 5.74) is 5.34. The summed E-state index contributed by atoms with van der Waals surface area (Å²) in [7, 11) is 0. The Labute approximate surface area is 142 Å². The van der Waals surface area contributed by atoms with Crippen molar-refractivity contribution in [2.45, 2.75) is 5.16 Å². The van der Waals surface area contributed by atoms with Crippen molar-refractivity contribution in [3.8, 4) is 0 Å². The van der Waals surface area contributed by atoms with Crippen LogP contribution in [0.4, 0.5) is 17.2 Å². The minimum absolute atomic E-state index is 0.0180. The number of non-ortho nitro benzene ring substituents is 1. The fraction of sp³-hybridized carbons (Fsp3) is 0.0833. The van der Waals surface area contributed by atoms with E-state index in [1.54, 1.807) is 0 Å². The molecule has 0 aliphatic carbocycles. The van der Waals surface area contributed by atoms with Crippen molar-refractivity contribution in [2.24, 2.45) is 0 Å². The van der Waals surface area contributed by atoms with Gasteiger partial charge in [0.2, 0.25) is 5.91 Å². The molecule has 9 nitrogen and oxygen atoms in total. The number of hydrogen-bond donors (Lipinski definition) is 3. The second-order valence-electron chi connectivity index (χ2n) is 4.23. The first-order chi connectivity index (χ1) is 10.8. The molecule has 1 heterocycles. The van der Waals surface area contributed by atoms with Crippen molar-refractivity contribution in [2.75, 3.05) is 16.8 Å². The average Bonchev–Trinajstić information content (AvgIpc) is 2.46. The molecule has 0 atom stereocenters. The number of carbonyl (C=O) groups excluding carboxylic acids is 1. The first-order valence-electron chi connectivity index (χ1n) is 6.08. The van der Waals surface area contributed by atoms with Crippen LogP contribution in [0.3, 0.4) is 0 Å². The minimum atomic E-state index is -0.534. The first kappa shape index (κ1) is 17.0. The highest BCUT2D eigenvalue weighted by molar-refractivity contribution is 9.10. The summed E-state index contributed by atoms with van der Waals surface area (Å²) in [5, 5.41) is 13.5. The molecule has 2 rings (SSSR count). The van der Waals surface area contributed by atoms with Gasteiger partial charge in [0.05, 0.1) is 16.4 Å². The van der Waals surface area contributed by atoms with Crippen LogP contribution < -0.4 is 16.6 Å². The summed E-state index contributed by atoms with van der Waals surface area (Å²) >= 11 is 4.16. The molecule has 0 saturated carbocycles. The molecule has 0 radical (unpaired) electrons. The Hall–Kier alpha value is -2.40. The van der Waals surface area contributed by atoms with Crippen LogP contribution in [-0.2, 0) is 4.79 Å². The van der Waals surface area contributed by atoms with E-state index in [-0.39, 0.29) is 28.3 Å². The van der Waals surface area contributed by atoms with Gasteiger partial charge in [-0.25, -0.2) is 4.98 Å². The van der Waals surface area contributed by atoms with E-state index in [4.69, 9.17) is 5.73 Å². The number of carbonyl (C=O) groups is 1.